The summed E-state index contributed by atoms with van der Waals surface area (Å²) in [6, 6.07) is 106. The van der Waals surface area contributed by atoms with Crippen molar-refractivity contribution in [1.82, 2.24) is 4.57 Å². The lowest BCUT2D eigenvalue weighted by Crippen LogP contribution is -2.28. The predicted octanol–water partition coefficient (Wildman–Crippen LogP) is 20.7. The first-order valence-corrected chi connectivity index (χ1v) is 27.3. The van der Waals surface area contributed by atoms with Crippen molar-refractivity contribution in [2.45, 2.75) is 5.41 Å². The Bertz CT molecular complexity index is 4420. The van der Waals surface area contributed by atoms with E-state index in [1.807, 2.05) is 36.4 Å². The number of fused-ring (bicyclic) bond motifs is 6. The Labute approximate surface area is 467 Å². The summed E-state index contributed by atoms with van der Waals surface area (Å²) < 4.78 is 8.82. The van der Waals surface area contributed by atoms with Crippen LogP contribution in [0.2, 0.25) is 0 Å². The highest BCUT2D eigenvalue weighted by atomic mass is 16.5. The first-order valence-electron chi connectivity index (χ1n) is 27.3. The average Bonchev–Trinajstić information content (AvgIpc) is 4.03. The van der Waals surface area contributed by atoms with Crippen LogP contribution in [0.1, 0.15) is 33.4 Å². The monoisotopic (exact) mass is 1020 g/mol. The Hall–Kier alpha value is -10.5. The molecule has 14 rings (SSSR count). The van der Waals surface area contributed by atoms with E-state index < -0.39 is 5.41 Å². The van der Waals surface area contributed by atoms with Gasteiger partial charge in [0.2, 0.25) is 0 Å². The number of ether oxygens (including phenoxy) is 1. The fourth-order valence-electron chi connectivity index (χ4n) is 12.3. The zero-order chi connectivity index (χ0) is 53.6. The molecule has 1 heterocycles. The number of benzene rings is 12. The summed E-state index contributed by atoms with van der Waals surface area (Å²) in [7, 11) is 0. The zero-order valence-electron chi connectivity index (χ0n) is 44.1. The molecule has 3 heteroatoms. The molecule has 13 aromatic rings. The van der Waals surface area contributed by atoms with E-state index >= 15 is 0 Å². The van der Waals surface area contributed by atoms with Gasteiger partial charge in [-0.15, -0.1) is 0 Å². The SMILES string of the molecule is C=Cc1ccc(Oc2ccc(C3(c4ccccc4)c4ccccc4-c4ccc(N(c5ccc(-c6ccc7c(c6)c6ccccc6n7-c6ccc(-c7ccc(C=C)cc7)cc6)cc5)c5ccccc5-c5ccccc5)cc43)cc2)cc1. The number of para-hydroxylation sites is 2. The Kier molecular flexibility index (Phi) is 12.1. The smallest absolute Gasteiger partial charge is 0.127 e. The second kappa shape index (κ2) is 20.1. The summed E-state index contributed by atoms with van der Waals surface area (Å²) >= 11 is 0. The molecule has 1 aliphatic carbocycles. The van der Waals surface area contributed by atoms with Gasteiger partial charge in [-0.05, 0) is 157 Å². The molecule has 0 saturated heterocycles. The second-order valence-corrected chi connectivity index (χ2v) is 20.5. The van der Waals surface area contributed by atoms with E-state index in [0.717, 1.165) is 73.2 Å². The topological polar surface area (TPSA) is 17.4 Å². The molecular weight excluding hydrogens is 969 g/mol. The molecule has 0 bridgehead atoms. The zero-order valence-corrected chi connectivity index (χ0v) is 44.1. The van der Waals surface area contributed by atoms with E-state index in [-0.39, 0.29) is 0 Å². The van der Waals surface area contributed by atoms with Crippen LogP contribution in [-0.2, 0) is 5.41 Å². The normalized spacial score (nSPS) is 13.4. The fourth-order valence-corrected chi connectivity index (χ4v) is 12.3. The van der Waals surface area contributed by atoms with Gasteiger partial charge in [-0.3, -0.25) is 0 Å². The molecule has 0 saturated carbocycles. The van der Waals surface area contributed by atoms with E-state index in [1.165, 1.54) is 60.8 Å². The molecule has 0 radical (unpaired) electrons. The fraction of sp³-hybridized carbons (Fsp3) is 0.0130. The Morgan fingerprint density at radius 2 is 0.863 bits per heavy atom. The van der Waals surface area contributed by atoms with E-state index in [0.29, 0.717) is 0 Å². The van der Waals surface area contributed by atoms with Gasteiger partial charge in [0.05, 0.1) is 22.1 Å². The minimum Gasteiger partial charge on any atom is -0.457 e. The van der Waals surface area contributed by atoms with Crippen LogP contribution in [0.5, 0.6) is 11.5 Å². The number of aromatic nitrogens is 1. The van der Waals surface area contributed by atoms with Gasteiger partial charge in [-0.2, -0.15) is 0 Å². The molecule has 80 heavy (non-hydrogen) atoms. The maximum atomic E-state index is 6.44. The van der Waals surface area contributed by atoms with Crippen molar-refractivity contribution in [3.05, 3.63) is 338 Å². The molecule has 1 aliphatic rings. The van der Waals surface area contributed by atoms with Crippen molar-refractivity contribution >= 4 is 51.0 Å². The van der Waals surface area contributed by atoms with E-state index in [4.69, 9.17) is 4.74 Å². The van der Waals surface area contributed by atoms with Crippen molar-refractivity contribution in [3.63, 3.8) is 0 Å². The molecule has 0 aliphatic heterocycles. The van der Waals surface area contributed by atoms with Crippen LogP contribution in [0.25, 0.3) is 84.2 Å². The molecule has 1 aromatic heterocycles. The second-order valence-electron chi connectivity index (χ2n) is 20.5. The number of nitrogens with zero attached hydrogens (tertiary/aromatic N) is 2. The molecule has 12 aromatic carbocycles. The molecule has 0 amide bonds. The molecule has 3 nitrogen and oxygen atoms in total. The van der Waals surface area contributed by atoms with Gasteiger partial charge in [0.1, 0.15) is 11.5 Å². The highest BCUT2D eigenvalue weighted by Gasteiger charge is 2.46. The highest BCUT2D eigenvalue weighted by molar-refractivity contribution is 6.10. The van der Waals surface area contributed by atoms with Crippen LogP contribution in [0.3, 0.4) is 0 Å². The van der Waals surface area contributed by atoms with Crippen LogP contribution in [-0.4, -0.2) is 4.57 Å². The quantitative estimate of drug-likeness (QED) is 0.115. The molecule has 1 unspecified atom stereocenters. The van der Waals surface area contributed by atoms with Gasteiger partial charge in [-0.25, -0.2) is 0 Å². The lowest BCUT2D eigenvalue weighted by atomic mass is 9.67. The first kappa shape index (κ1) is 47.9. The molecule has 0 spiro atoms. The Morgan fingerprint density at radius 1 is 0.350 bits per heavy atom. The van der Waals surface area contributed by atoms with Crippen molar-refractivity contribution in [3.8, 4) is 61.7 Å². The van der Waals surface area contributed by atoms with Crippen LogP contribution in [0.4, 0.5) is 17.1 Å². The van der Waals surface area contributed by atoms with Crippen molar-refractivity contribution in [2.75, 3.05) is 4.90 Å². The van der Waals surface area contributed by atoms with E-state index in [1.54, 1.807) is 0 Å². The van der Waals surface area contributed by atoms with Gasteiger partial charge in [0.25, 0.3) is 0 Å². The summed E-state index contributed by atoms with van der Waals surface area (Å²) in [5.41, 5.74) is 22.4. The van der Waals surface area contributed by atoms with Gasteiger partial charge >= 0.3 is 0 Å². The summed E-state index contributed by atoms with van der Waals surface area (Å²) in [5, 5.41) is 2.43. The lowest BCUT2D eigenvalue weighted by molar-refractivity contribution is 0.482. The van der Waals surface area contributed by atoms with Crippen LogP contribution in [0.15, 0.2) is 304 Å². The third-order valence-corrected chi connectivity index (χ3v) is 16.1. The van der Waals surface area contributed by atoms with Crippen LogP contribution in [0, 0.1) is 0 Å². The third kappa shape index (κ3) is 8.23. The Balaban J connectivity index is 0.884. The minimum absolute atomic E-state index is 0.647. The Morgan fingerprint density at radius 3 is 1.57 bits per heavy atom. The molecule has 378 valence electrons. The predicted molar refractivity (Wildman–Crippen MR) is 336 cm³/mol. The van der Waals surface area contributed by atoms with Gasteiger partial charge in [0, 0.05) is 33.4 Å². The molecule has 0 N–H and O–H groups in total. The van der Waals surface area contributed by atoms with Crippen molar-refractivity contribution in [1.29, 1.82) is 0 Å². The summed E-state index contributed by atoms with van der Waals surface area (Å²) in [5.74, 6) is 1.55. The highest BCUT2D eigenvalue weighted by Crippen LogP contribution is 2.58. The molecular formula is C77H54N2O. The minimum atomic E-state index is -0.647. The molecule has 1 atom stereocenters. The average molecular weight is 1020 g/mol. The maximum absolute atomic E-state index is 6.44. The van der Waals surface area contributed by atoms with Crippen LogP contribution < -0.4 is 9.64 Å². The number of hydrogen-bond acceptors (Lipinski definition) is 2. The molecule has 0 fully saturated rings. The summed E-state index contributed by atoms with van der Waals surface area (Å²) in [6.07, 6.45) is 3.72. The number of anilines is 3. The van der Waals surface area contributed by atoms with Crippen molar-refractivity contribution in [2.24, 2.45) is 0 Å². The third-order valence-electron chi connectivity index (χ3n) is 16.1. The largest absolute Gasteiger partial charge is 0.457 e. The standard InChI is InChI=1S/C77H54N2O/c1-3-53-27-31-55(32-28-53)56-33-42-63(43-34-56)79-75-26-16-13-23-70(75)71-51-59(37-50-76(71)79)57-35-40-62(41-36-57)78(74-25-15-12-21-67(74)58-17-7-5-8-18-58)64-44-49-69-68-22-11-14-24-72(68)77(73(69)52-64,60-19-9-6-10-20-60)61-38-47-66(48-39-61)80-65-45-29-54(4-2)30-46-65/h3-52H,1-2H2. The van der Waals surface area contributed by atoms with E-state index in [2.05, 4.69) is 290 Å². The van der Waals surface area contributed by atoms with E-state index in [9.17, 15) is 0 Å². The van der Waals surface area contributed by atoms with Gasteiger partial charge < -0.3 is 14.2 Å². The van der Waals surface area contributed by atoms with Crippen molar-refractivity contribution < 1.29 is 4.74 Å². The summed E-state index contributed by atoms with van der Waals surface area (Å²) in [4.78, 5) is 2.44. The first-order chi connectivity index (χ1) is 39.5. The lowest BCUT2D eigenvalue weighted by Gasteiger charge is -2.35. The van der Waals surface area contributed by atoms with Crippen LogP contribution >= 0.6 is 0 Å². The van der Waals surface area contributed by atoms with Gasteiger partial charge in [0.15, 0.2) is 0 Å². The number of rotatable bonds is 13. The van der Waals surface area contributed by atoms with Gasteiger partial charge in [-0.1, -0.05) is 232 Å². The number of hydrogen-bond donors (Lipinski definition) is 0. The maximum Gasteiger partial charge on any atom is 0.127 e. The summed E-state index contributed by atoms with van der Waals surface area (Å²) in [6.45, 7) is 7.84.